The summed E-state index contributed by atoms with van der Waals surface area (Å²) in [6.45, 7) is 2.14. The van der Waals surface area contributed by atoms with Gasteiger partial charge in [-0.1, -0.05) is 30.4 Å². The Morgan fingerprint density at radius 3 is 2.88 bits per heavy atom. The second kappa shape index (κ2) is 5.95. The van der Waals surface area contributed by atoms with E-state index in [-0.39, 0.29) is 24.2 Å². The third kappa shape index (κ3) is 3.15. The number of amides is 1. The van der Waals surface area contributed by atoms with Crippen molar-refractivity contribution in [1.82, 2.24) is 4.98 Å². The van der Waals surface area contributed by atoms with E-state index in [1.807, 2.05) is 24.3 Å². The summed E-state index contributed by atoms with van der Waals surface area (Å²) in [5, 5.41) is 3.40. The Kier molecular flexibility index (Phi) is 4.86. The first-order valence-electron chi connectivity index (χ1n) is 5.07. The maximum atomic E-state index is 11.6. The van der Waals surface area contributed by atoms with Crippen molar-refractivity contribution in [2.75, 3.05) is 11.9 Å². The van der Waals surface area contributed by atoms with Gasteiger partial charge in [0.25, 0.3) is 0 Å². The summed E-state index contributed by atoms with van der Waals surface area (Å²) in [7, 11) is 0. The number of halogens is 1. The molecule has 3 N–H and O–H groups in total. The van der Waals surface area contributed by atoms with Crippen molar-refractivity contribution in [3.05, 3.63) is 24.3 Å². The Balaban J connectivity index is 0.00000144. The first-order chi connectivity index (χ1) is 7.70. The molecule has 0 saturated carbocycles. The Morgan fingerprint density at radius 2 is 2.24 bits per heavy atom. The van der Waals surface area contributed by atoms with Crippen LogP contribution in [0.3, 0.4) is 0 Å². The van der Waals surface area contributed by atoms with Gasteiger partial charge in [-0.3, -0.25) is 4.79 Å². The van der Waals surface area contributed by atoms with Gasteiger partial charge in [-0.2, -0.15) is 0 Å². The number of thiazole rings is 1. The molecule has 1 heterocycles. The van der Waals surface area contributed by atoms with Gasteiger partial charge in [-0.25, -0.2) is 4.98 Å². The second-order valence-electron chi connectivity index (χ2n) is 3.61. The number of nitrogens with two attached hydrogens (primary N) is 1. The van der Waals surface area contributed by atoms with Gasteiger partial charge in [-0.15, -0.1) is 12.4 Å². The average Bonchev–Trinajstić information content (AvgIpc) is 2.69. The topological polar surface area (TPSA) is 68.0 Å². The second-order valence-corrected chi connectivity index (χ2v) is 4.64. The van der Waals surface area contributed by atoms with Crippen LogP contribution in [0.25, 0.3) is 10.2 Å². The monoisotopic (exact) mass is 271 g/mol. The molecule has 0 saturated heterocycles. The Morgan fingerprint density at radius 1 is 1.53 bits per heavy atom. The molecule has 0 bridgehead atoms. The van der Waals surface area contributed by atoms with Crippen molar-refractivity contribution < 1.29 is 4.79 Å². The number of nitrogens with zero attached hydrogens (tertiary/aromatic N) is 1. The van der Waals surface area contributed by atoms with Crippen LogP contribution in [0.15, 0.2) is 24.3 Å². The minimum absolute atomic E-state index is 0. The number of anilines is 1. The normalized spacial score (nSPS) is 11.9. The van der Waals surface area contributed by atoms with Crippen molar-refractivity contribution >= 4 is 45.0 Å². The van der Waals surface area contributed by atoms with Gasteiger partial charge in [0.1, 0.15) is 0 Å². The molecule has 1 atom stereocenters. The van der Waals surface area contributed by atoms with Crippen LogP contribution in [0.4, 0.5) is 5.13 Å². The largest absolute Gasteiger partial charge is 0.330 e. The molecule has 6 heteroatoms. The molecule has 92 valence electrons. The molecule has 4 nitrogen and oxygen atoms in total. The van der Waals surface area contributed by atoms with E-state index in [0.717, 1.165) is 10.2 Å². The number of benzene rings is 1. The molecule has 0 radical (unpaired) electrons. The summed E-state index contributed by atoms with van der Waals surface area (Å²) >= 11 is 1.47. The zero-order valence-corrected chi connectivity index (χ0v) is 11.0. The van der Waals surface area contributed by atoms with Crippen LogP contribution < -0.4 is 11.1 Å². The van der Waals surface area contributed by atoms with Gasteiger partial charge < -0.3 is 11.1 Å². The number of aromatic nitrogens is 1. The van der Waals surface area contributed by atoms with Gasteiger partial charge in [0.05, 0.1) is 10.2 Å². The number of hydrogen-bond donors (Lipinski definition) is 2. The van der Waals surface area contributed by atoms with Gasteiger partial charge in [0.15, 0.2) is 5.13 Å². The molecule has 0 spiro atoms. The predicted molar refractivity (Wildman–Crippen MR) is 73.7 cm³/mol. The van der Waals surface area contributed by atoms with Crippen molar-refractivity contribution in [2.45, 2.75) is 6.92 Å². The lowest BCUT2D eigenvalue weighted by Gasteiger charge is -2.06. The van der Waals surface area contributed by atoms with Gasteiger partial charge >= 0.3 is 0 Å². The number of carbonyl (C=O) groups excluding carboxylic acids is 1. The minimum Gasteiger partial charge on any atom is -0.330 e. The number of nitrogens with one attached hydrogen (secondary N) is 1. The summed E-state index contributed by atoms with van der Waals surface area (Å²) in [5.74, 6) is -0.270. The minimum atomic E-state index is -0.188. The molecule has 1 aromatic heterocycles. The van der Waals surface area contributed by atoms with E-state index in [9.17, 15) is 4.79 Å². The lowest BCUT2D eigenvalue weighted by Crippen LogP contribution is -2.26. The van der Waals surface area contributed by atoms with Crippen LogP contribution in [0.5, 0.6) is 0 Å². The van der Waals surface area contributed by atoms with Crippen LogP contribution in [0, 0.1) is 5.92 Å². The fraction of sp³-hybridized carbons (Fsp3) is 0.273. The fourth-order valence-electron chi connectivity index (χ4n) is 1.26. The molecule has 0 aliphatic rings. The Hall–Kier alpha value is -1.17. The summed E-state index contributed by atoms with van der Waals surface area (Å²) in [6.07, 6.45) is 0. The maximum absolute atomic E-state index is 11.6. The van der Waals surface area contributed by atoms with Gasteiger partial charge in [0, 0.05) is 12.5 Å². The highest BCUT2D eigenvalue weighted by Crippen LogP contribution is 2.25. The molecule has 0 aliphatic carbocycles. The highest BCUT2D eigenvalue weighted by atomic mass is 35.5. The van der Waals surface area contributed by atoms with E-state index >= 15 is 0 Å². The zero-order valence-electron chi connectivity index (χ0n) is 9.34. The average molecular weight is 272 g/mol. The van der Waals surface area contributed by atoms with Crippen molar-refractivity contribution in [2.24, 2.45) is 11.7 Å². The van der Waals surface area contributed by atoms with E-state index in [0.29, 0.717) is 11.7 Å². The molecule has 2 rings (SSSR count). The van der Waals surface area contributed by atoms with Crippen LogP contribution >= 0.6 is 23.7 Å². The summed E-state index contributed by atoms with van der Waals surface area (Å²) < 4.78 is 1.07. The lowest BCUT2D eigenvalue weighted by atomic mass is 10.2. The van der Waals surface area contributed by atoms with Crippen LogP contribution in [0.1, 0.15) is 6.92 Å². The van der Waals surface area contributed by atoms with E-state index in [1.54, 1.807) is 6.92 Å². The molecular weight excluding hydrogens is 258 g/mol. The molecule has 1 aromatic carbocycles. The van der Waals surface area contributed by atoms with E-state index in [4.69, 9.17) is 5.73 Å². The van der Waals surface area contributed by atoms with Crippen molar-refractivity contribution in [3.63, 3.8) is 0 Å². The van der Waals surface area contributed by atoms with Crippen molar-refractivity contribution in [1.29, 1.82) is 0 Å². The lowest BCUT2D eigenvalue weighted by molar-refractivity contribution is -0.119. The number of fused-ring (bicyclic) bond motifs is 1. The predicted octanol–water partition coefficient (Wildman–Crippen LogP) is 2.25. The van der Waals surface area contributed by atoms with Crippen molar-refractivity contribution in [3.8, 4) is 0 Å². The Labute approximate surface area is 110 Å². The molecule has 2 aromatic rings. The number of rotatable bonds is 3. The third-order valence-corrected chi connectivity index (χ3v) is 3.28. The summed E-state index contributed by atoms with van der Waals surface area (Å²) in [5.41, 5.74) is 6.33. The third-order valence-electron chi connectivity index (χ3n) is 2.33. The summed E-state index contributed by atoms with van der Waals surface area (Å²) in [6, 6.07) is 7.79. The van der Waals surface area contributed by atoms with E-state index < -0.39 is 0 Å². The SMILES string of the molecule is CC(CN)C(=O)Nc1nc2ccccc2s1.Cl. The first kappa shape index (κ1) is 13.9. The van der Waals surface area contributed by atoms with Gasteiger partial charge in [-0.05, 0) is 12.1 Å². The number of para-hydroxylation sites is 1. The zero-order chi connectivity index (χ0) is 11.5. The van der Waals surface area contributed by atoms with Gasteiger partial charge in [0.2, 0.25) is 5.91 Å². The first-order valence-corrected chi connectivity index (χ1v) is 5.89. The molecule has 1 amide bonds. The highest BCUT2D eigenvalue weighted by Gasteiger charge is 2.12. The number of hydrogen-bond acceptors (Lipinski definition) is 4. The molecule has 1 unspecified atom stereocenters. The summed E-state index contributed by atoms with van der Waals surface area (Å²) in [4.78, 5) is 15.9. The van der Waals surface area contributed by atoms with Crippen LogP contribution in [-0.2, 0) is 4.79 Å². The molecule has 0 aliphatic heterocycles. The number of carbonyl (C=O) groups is 1. The highest BCUT2D eigenvalue weighted by molar-refractivity contribution is 7.22. The molecule has 17 heavy (non-hydrogen) atoms. The quantitative estimate of drug-likeness (QED) is 0.900. The van der Waals surface area contributed by atoms with Crippen LogP contribution in [0.2, 0.25) is 0 Å². The van der Waals surface area contributed by atoms with Crippen LogP contribution in [-0.4, -0.2) is 17.4 Å². The molecular formula is C11H14ClN3OS. The smallest absolute Gasteiger partial charge is 0.230 e. The Bertz CT molecular complexity index is 481. The standard InChI is InChI=1S/C11H13N3OS.ClH/c1-7(6-12)10(15)14-11-13-8-4-2-3-5-9(8)16-11;/h2-5,7H,6,12H2,1H3,(H,13,14,15);1H. The molecule has 0 fully saturated rings. The van der Waals surface area contributed by atoms with E-state index in [2.05, 4.69) is 10.3 Å². The van der Waals surface area contributed by atoms with E-state index in [1.165, 1.54) is 11.3 Å². The fourth-order valence-corrected chi connectivity index (χ4v) is 2.13. The maximum Gasteiger partial charge on any atom is 0.230 e.